The molecule has 0 unspecified atom stereocenters. The molecule has 0 aromatic carbocycles. The van der Waals surface area contributed by atoms with Crippen LogP contribution in [0.25, 0.3) is 0 Å². The van der Waals surface area contributed by atoms with Gasteiger partial charge in [-0.2, -0.15) is 0 Å². The van der Waals surface area contributed by atoms with E-state index in [0.29, 0.717) is 5.02 Å². The Morgan fingerprint density at radius 1 is 1.45 bits per heavy atom. The molecule has 0 aliphatic carbocycles. The Bertz CT molecular complexity index is 218. The summed E-state index contributed by atoms with van der Waals surface area (Å²) in [6, 6.07) is 3.79. The summed E-state index contributed by atoms with van der Waals surface area (Å²) in [7, 11) is 4.02. The third kappa shape index (κ3) is 2.87. The van der Waals surface area contributed by atoms with Crippen molar-refractivity contribution in [1.29, 1.82) is 0 Å². The van der Waals surface area contributed by atoms with Crippen molar-refractivity contribution < 1.29 is 0 Å². The number of pyridine rings is 1. The topological polar surface area (TPSA) is 16.1 Å². The lowest BCUT2D eigenvalue weighted by Crippen LogP contribution is -2.11. The molecule has 0 atom stereocenters. The fourth-order valence-corrected chi connectivity index (χ4v) is 0.936. The van der Waals surface area contributed by atoms with Gasteiger partial charge < -0.3 is 4.90 Å². The highest BCUT2D eigenvalue weighted by Gasteiger charge is 1.95. The predicted molar refractivity (Wildman–Crippen MR) is 46.6 cm³/mol. The Balaban J connectivity index is 2.66. The molecule has 0 radical (unpaired) electrons. The first kappa shape index (κ1) is 8.50. The van der Waals surface area contributed by atoms with E-state index in [1.807, 2.05) is 26.2 Å². The lowest BCUT2D eigenvalue weighted by Gasteiger charge is -2.07. The second-order valence-electron chi connectivity index (χ2n) is 2.71. The normalized spacial score (nSPS) is 10.5. The van der Waals surface area contributed by atoms with E-state index in [1.54, 1.807) is 6.20 Å². The van der Waals surface area contributed by atoms with E-state index < -0.39 is 0 Å². The van der Waals surface area contributed by atoms with Gasteiger partial charge in [-0.05, 0) is 26.2 Å². The number of hydrogen-bond donors (Lipinski definition) is 0. The molecule has 1 aromatic heterocycles. The molecular formula is C8H11ClN2. The van der Waals surface area contributed by atoms with E-state index in [4.69, 9.17) is 11.6 Å². The van der Waals surface area contributed by atoms with Crippen LogP contribution in [0.1, 0.15) is 5.69 Å². The van der Waals surface area contributed by atoms with Gasteiger partial charge in [-0.3, -0.25) is 4.98 Å². The summed E-state index contributed by atoms with van der Waals surface area (Å²) < 4.78 is 0. The molecule has 3 heteroatoms. The van der Waals surface area contributed by atoms with Gasteiger partial charge in [0, 0.05) is 12.7 Å². The second-order valence-corrected chi connectivity index (χ2v) is 3.14. The van der Waals surface area contributed by atoms with Crippen LogP contribution in [0.2, 0.25) is 5.02 Å². The maximum Gasteiger partial charge on any atom is 0.0589 e. The maximum atomic E-state index is 5.67. The summed E-state index contributed by atoms with van der Waals surface area (Å²) in [5, 5.41) is 0.688. The van der Waals surface area contributed by atoms with Crippen molar-refractivity contribution in [3.63, 3.8) is 0 Å². The smallest absolute Gasteiger partial charge is 0.0589 e. The standard InChI is InChI=1S/C8H11ClN2/c1-11(2)6-8-4-3-7(9)5-10-8/h3-5H,6H2,1-2H3. The summed E-state index contributed by atoms with van der Waals surface area (Å²) in [6.07, 6.45) is 1.67. The van der Waals surface area contributed by atoms with E-state index in [0.717, 1.165) is 12.2 Å². The van der Waals surface area contributed by atoms with Gasteiger partial charge in [0.05, 0.1) is 10.7 Å². The van der Waals surface area contributed by atoms with Crippen LogP contribution in [0.15, 0.2) is 18.3 Å². The summed E-state index contributed by atoms with van der Waals surface area (Å²) in [4.78, 5) is 6.21. The minimum absolute atomic E-state index is 0.688. The Hall–Kier alpha value is -0.600. The molecule has 0 aliphatic rings. The molecular weight excluding hydrogens is 160 g/mol. The number of nitrogens with zero attached hydrogens (tertiary/aromatic N) is 2. The zero-order valence-electron chi connectivity index (χ0n) is 6.71. The highest BCUT2D eigenvalue weighted by Crippen LogP contribution is 2.06. The van der Waals surface area contributed by atoms with Crippen LogP contribution >= 0.6 is 11.6 Å². The number of hydrogen-bond acceptors (Lipinski definition) is 2. The Morgan fingerprint density at radius 3 is 2.64 bits per heavy atom. The molecule has 1 aromatic rings. The van der Waals surface area contributed by atoms with E-state index in [-0.39, 0.29) is 0 Å². The van der Waals surface area contributed by atoms with Crippen LogP contribution in [0.5, 0.6) is 0 Å². The lowest BCUT2D eigenvalue weighted by molar-refractivity contribution is 0.397. The van der Waals surface area contributed by atoms with Crippen LogP contribution in [-0.2, 0) is 6.54 Å². The van der Waals surface area contributed by atoms with Gasteiger partial charge in [-0.25, -0.2) is 0 Å². The SMILES string of the molecule is CN(C)Cc1ccc(Cl)cn1. The first-order valence-electron chi connectivity index (χ1n) is 3.43. The van der Waals surface area contributed by atoms with Gasteiger partial charge in [0.15, 0.2) is 0 Å². The molecule has 1 rings (SSSR count). The minimum Gasteiger partial charge on any atom is -0.304 e. The number of rotatable bonds is 2. The molecule has 0 amide bonds. The molecule has 0 spiro atoms. The number of halogens is 1. The molecule has 0 N–H and O–H groups in total. The molecule has 0 bridgehead atoms. The Kier molecular flexibility index (Phi) is 2.85. The first-order chi connectivity index (χ1) is 5.18. The fraction of sp³-hybridized carbons (Fsp3) is 0.375. The summed E-state index contributed by atoms with van der Waals surface area (Å²) in [6.45, 7) is 0.858. The molecule has 0 saturated heterocycles. The van der Waals surface area contributed by atoms with Crippen molar-refractivity contribution in [3.05, 3.63) is 29.0 Å². The Labute approximate surface area is 71.8 Å². The largest absolute Gasteiger partial charge is 0.304 e. The second kappa shape index (κ2) is 3.69. The number of aromatic nitrogens is 1. The molecule has 0 aliphatic heterocycles. The van der Waals surface area contributed by atoms with Gasteiger partial charge in [0.2, 0.25) is 0 Å². The average Bonchev–Trinajstić information content (AvgIpc) is 1.93. The fourth-order valence-electron chi connectivity index (χ4n) is 0.824. The van der Waals surface area contributed by atoms with Crippen LogP contribution in [0.3, 0.4) is 0 Å². The lowest BCUT2D eigenvalue weighted by atomic mass is 10.3. The van der Waals surface area contributed by atoms with E-state index in [9.17, 15) is 0 Å². The van der Waals surface area contributed by atoms with Crippen molar-refractivity contribution in [1.82, 2.24) is 9.88 Å². The van der Waals surface area contributed by atoms with Crippen molar-refractivity contribution >= 4 is 11.6 Å². The summed E-state index contributed by atoms with van der Waals surface area (Å²) in [5.74, 6) is 0. The average molecular weight is 171 g/mol. The van der Waals surface area contributed by atoms with Gasteiger partial charge in [0.1, 0.15) is 0 Å². The van der Waals surface area contributed by atoms with Crippen LogP contribution in [0.4, 0.5) is 0 Å². The van der Waals surface area contributed by atoms with Crippen LogP contribution in [0, 0.1) is 0 Å². The van der Waals surface area contributed by atoms with Gasteiger partial charge in [-0.1, -0.05) is 11.6 Å². The Morgan fingerprint density at radius 2 is 2.18 bits per heavy atom. The zero-order valence-corrected chi connectivity index (χ0v) is 7.47. The van der Waals surface area contributed by atoms with Crippen LogP contribution in [-0.4, -0.2) is 24.0 Å². The predicted octanol–water partition coefficient (Wildman–Crippen LogP) is 1.80. The van der Waals surface area contributed by atoms with Gasteiger partial charge in [0.25, 0.3) is 0 Å². The molecule has 1 heterocycles. The molecule has 0 fully saturated rings. The molecule has 11 heavy (non-hydrogen) atoms. The van der Waals surface area contributed by atoms with Crippen molar-refractivity contribution in [2.75, 3.05) is 14.1 Å². The van der Waals surface area contributed by atoms with E-state index in [1.165, 1.54) is 0 Å². The minimum atomic E-state index is 0.688. The highest BCUT2D eigenvalue weighted by atomic mass is 35.5. The van der Waals surface area contributed by atoms with Crippen molar-refractivity contribution in [2.45, 2.75) is 6.54 Å². The van der Waals surface area contributed by atoms with Gasteiger partial charge >= 0.3 is 0 Å². The first-order valence-corrected chi connectivity index (χ1v) is 3.81. The van der Waals surface area contributed by atoms with E-state index >= 15 is 0 Å². The third-order valence-electron chi connectivity index (χ3n) is 1.27. The van der Waals surface area contributed by atoms with E-state index in [2.05, 4.69) is 9.88 Å². The van der Waals surface area contributed by atoms with Crippen molar-refractivity contribution in [3.8, 4) is 0 Å². The van der Waals surface area contributed by atoms with Gasteiger partial charge in [-0.15, -0.1) is 0 Å². The maximum absolute atomic E-state index is 5.67. The molecule has 2 nitrogen and oxygen atoms in total. The van der Waals surface area contributed by atoms with Crippen LogP contribution < -0.4 is 0 Å². The molecule has 0 saturated carbocycles. The quantitative estimate of drug-likeness (QED) is 0.673. The monoisotopic (exact) mass is 170 g/mol. The summed E-state index contributed by atoms with van der Waals surface area (Å²) in [5.41, 5.74) is 1.04. The zero-order chi connectivity index (χ0) is 8.27. The summed E-state index contributed by atoms with van der Waals surface area (Å²) >= 11 is 5.67. The van der Waals surface area contributed by atoms with Crippen molar-refractivity contribution in [2.24, 2.45) is 0 Å². The highest BCUT2D eigenvalue weighted by molar-refractivity contribution is 6.30. The molecule has 60 valence electrons. The third-order valence-corrected chi connectivity index (χ3v) is 1.49.